The molecule has 26 heavy (non-hydrogen) atoms. The van der Waals surface area contributed by atoms with E-state index in [4.69, 9.17) is 14.2 Å². The summed E-state index contributed by atoms with van der Waals surface area (Å²) in [7, 11) is 5.92. The van der Waals surface area contributed by atoms with Gasteiger partial charge >= 0.3 is 23.9 Å². The third kappa shape index (κ3) is 4.38. The van der Waals surface area contributed by atoms with Crippen molar-refractivity contribution in [1.82, 2.24) is 4.57 Å². The summed E-state index contributed by atoms with van der Waals surface area (Å²) in [6, 6.07) is 2.69. The summed E-state index contributed by atoms with van der Waals surface area (Å²) in [5.74, 6) is -3.90. The molecular weight excluding hydrogens is 346 g/mol. The molecule has 9 nitrogen and oxygen atoms in total. The number of hydrogen-bond donors (Lipinski definition) is 0. The maximum Gasteiger partial charge on any atom is 0.340 e. The van der Waals surface area contributed by atoms with Crippen LogP contribution in [-0.4, -0.2) is 56.9 Å². The van der Waals surface area contributed by atoms with Crippen molar-refractivity contribution in [3.05, 3.63) is 46.8 Å². The summed E-state index contributed by atoms with van der Waals surface area (Å²) in [6.45, 7) is 0. The summed E-state index contributed by atoms with van der Waals surface area (Å²) < 4.78 is 20.2. The van der Waals surface area contributed by atoms with Gasteiger partial charge in [-0.05, 0) is 12.1 Å². The number of rotatable bonds is 4. The highest BCUT2D eigenvalue weighted by Gasteiger charge is 2.30. The molecule has 9 heteroatoms. The Balaban J connectivity index is 4.30. The molecule has 0 aliphatic heterocycles. The van der Waals surface area contributed by atoms with Crippen LogP contribution in [0, 0.1) is 0 Å². The standard InChI is InChI=1S/C17H19NO8/c1-18-8-6-7-10(14(19)23-2)12(16(21)25-4)13(17(22)26-5)11(9-18)15(20)24-3/h6-9H,1-5H3. The zero-order valence-electron chi connectivity index (χ0n) is 15.0. The number of carbonyl (C=O) groups is 4. The van der Waals surface area contributed by atoms with Crippen LogP contribution in [0.1, 0.15) is 41.4 Å². The third-order valence-electron chi connectivity index (χ3n) is 3.30. The molecule has 0 amide bonds. The molecule has 0 radical (unpaired) electrons. The van der Waals surface area contributed by atoms with Crippen LogP contribution in [0.15, 0.2) is 24.5 Å². The molecule has 0 N–H and O–H groups in total. The molecule has 140 valence electrons. The van der Waals surface area contributed by atoms with E-state index in [9.17, 15) is 19.2 Å². The monoisotopic (exact) mass is 365 g/mol. The Kier molecular flexibility index (Phi) is 7.33. The number of methoxy groups -OCH3 is 4. The number of ether oxygens (including phenoxy) is 4. The van der Waals surface area contributed by atoms with Crippen LogP contribution in [-0.2, 0) is 26.0 Å². The SMILES string of the molecule is COC(=O)c1cccn(C)cc(C(=O)OC)c(C(=O)OC)c1C(=O)OC. The molecule has 0 bridgehead atoms. The Labute approximate surface area is 149 Å². The Morgan fingerprint density at radius 1 is 0.731 bits per heavy atom. The fourth-order valence-electron chi connectivity index (χ4n) is 2.11. The lowest BCUT2D eigenvalue weighted by Gasteiger charge is -2.11. The second-order valence-corrected chi connectivity index (χ2v) is 4.85. The van der Waals surface area contributed by atoms with E-state index in [2.05, 4.69) is 4.74 Å². The smallest absolute Gasteiger partial charge is 0.340 e. The molecule has 0 aliphatic rings. The number of carbonyl (C=O) groups excluding carboxylic acids is 4. The van der Waals surface area contributed by atoms with Crippen LogP contribution in [0.3, 0.4) is 0 Å². The van der Waals surface area contributed by atoms with E-state index in [-0.39, 0.29) is 11.1 Å². The van der Waals surface area contributed by atoms with Gasteiger partial charge in [-0.2, -0.15) is 0 Å². The first-order chi connectivity index (χ1) is 12.3. The van der Waals surface area contributed by atoms with Crippen molar-refractivity contribution < 1.29 is 38.1 Å². The molecule has 1 rings (SSSR count). The molecule has 0 aliphatic carbocycles. The van der Waals surface area contributed by atoms with Gasteiger partial charge in [-0.25, -0.2) is 19.2 Å². The highest BCUT2D eigenvalue weighted by atomic mass is 16.5. The van der Waals surface area contributed by atoms with E-state index in [0.717, 1.165) is 28.4 Å². The number of aromatic nitrogens is 1. The number of aryl methyl sites for hydroxylation is 1. The largest absolute Gasteiger partial charge is 0.465 e. The third-order valence-corrected chi connectivity index (χ3v) is 3.30. The first kappa shape index (κ1) is 20.7. The lowest BCUT2D eigenvalue weighted by atomic mass is 10.00. The fraction of sp³-hybridized carbons (Fsp3) is 0.294. The van der Waals surface area contributed by atoms with E-state index in [1.165, 1.54) is 29.1 Å². The first-order valence-corrected chi connectivity index (χ1v) is 7.22. The maximum absolute atomic E-state index is 12.4. The van der Waals surface area contributed by atoms with Crippen molar-refractivity contribution in [3.8, 4) is 0 Å². The van der Waals surface area contributed by atoms with Gasteiger partial charge in [0, 0.05) is 19.4 Å². The topological polar surface area (TPSA) is 110 Å². The van der Waals surface area contributed by atoms with Crippen LogP contribution in [0.25, 0.3) is 0 Å². The van der Waals surface area contributed by atoms with E-state index >= 15 is 0 Å². The minimum Gasteiger partial charge on any atom is -0.465 e. The normalized spacial score (nSPS) is 9.58. The Hall–Kier alpha value is -3.36. The van der Waals surface area contributed by atoms with Gasteiger partial charge in [0.15, 0.2) is 0 Å². The van der Waals surface area contributed by atoms with E-state index in [1.54, 1.807) is 7.05 Å². The van der Waals surface area contributed by atoms with Crippen LogP contribution < -0.4 is 0 Å². The first-order valence-electron chi connectivity index (χ1n) is 7.22. The van der Waals surface area contributed by atoms with Gasteiger partial charge in [-0.3, -0.25) is 0 Å². The average Bonchev–Trinajstić information content (AvgIpc) is 2.72. The van der Waals surface area contributed by atoms with Crippen LogP contribution in [0.2, 0.25) is 0 Å². The average molecular weight is 365 g/mol. The zero-order valence-corrected chi connectivity index (χ0v) is 15.0. The van der Waals surface area contributed by atoms with Crippen molar-refractivity contribution in [2.45, 2.75) is 0 Å². The number of hydrogen-bond acceptors (Lipinski definition) is 8. The van der Waals surface area contributed by atoms with E-state index in [0.29, 0.717) is 0 Å². The summed E-state index contributed by atoms with van der Waals surface area (Å²) in [6.07, 6.45) is 2.74. The Morgan fingerprint density at radius 3 is 1.62 bits per heavy atom. The second-order valence-electron chi connectivity index (χ2n) is 4.85. The molecule has 0 aromatic carbocycles. The van der Waals surface area contributed by atoms with Crippen LogP contribution in [0.5, 0.6) is 0 Å². The highest BCUT2D eigenvalue weighted by molar-refractivity contribution is 6.14. The zero-order chi connectivity index (χ0) is 19.9. The van der Waals surface area contributed by atoms with Gasteiger partial charge in [0.1, 0.15) is 0 Å². The van der Waals surface area contributed by atoms with Gasteiger partial charge < -0.3 is 23.5 Å². The molecule has 0 saturated heterocycles. The van der Waals surface area contributed by atoms with Crippen molar-refractivity contribution in [1.29, 1.82) is 0 Å². The van der Waals surface area contributed by atoms with Gasteiger partial charge in [0.2, 0.25) is 0 Å². The van der Waals surface area contributed by atoms with Crippen molar-refractivity contribution >= 4 is 23.9 Å². The summed E-state index contributed by atoms with van der Waals surface area (Å²) in [5.41, 5.74) is -1.56. The molecule has 1 heterocycles. The van der Waals surface area contributed by atoms with Gasteiger partial charge in [0.05, 0.1) is 50.7 Å². The molecule has 0 atom stereocenters. The fourth-order valence-corrected chi connectivity index (χ4v) is 2.11. The van der Waals surface area contributed by atoms with E-state index in [1.807, 2.05) is 0 Å². The summed E-state index contributed by atoms with van der Waals surface area (Å²) >= 11 is 0. The number of esters is 4. The van der Waals surface area contributed by atoms with Crippen molar-refractivity contribution in [3.63, 3.8) is 0 Å². The second kappa shape index (κ2) is 9.21. The lowest BCUT2D eigenvalue weighted by molar-refractivity contribution is 0.0523. The van der Waals surface area contributed by atoms with Crippen molar-refractivity contribution in [2.24, 2.45) is 7.05 Å². The molecule has 0 spiro atoms. The molecule has 0 saturated carbocycles. The van der Waals surface area contributed by atoms with E-state index < -0.39 is 35.0 Å². The Bertz CT molecular complexity index is 792. The predicted molar refractivity (Wildman–Crippen MR) is 88.4 cm³/mol. The summed E-state index contributed by atoms with van der Waals surface area (Å²) in [5, 5.41) is 0. The highest BCUT2D eigenvalue weighted by Crippen LogP contribution is 2.20. The molecule has 1 aromatic rings. The molecule has 0 fully saturated rings. The van der Waals surface area contributed by atoms with Gasteiger partial charge in [-0.15, -0.1) is 0 Å². The minimum atomic E-state index is -1.04. The molecule has 1 aromatic heterocycles. The quantitative estimate of drug-likeness (QED) is 0.580. The van der Waals surface area contributed by atoms with Crippen LogP contribution in [0.4, 0.5) is 0 Å². The van der Waals surface area contributed by atoms with Crippen LogP contribution >= 0.6 is 0 Å². The van der Waals surface area contributed by atoms with Gasteiger partial charge in [0.25, 0.3) is 0 Å². The maximum atomic E-state index is 12.4. The number of nitrogens with zero attached hydrogens (tertiary/aromatic N) is 1. The van der Waals surface area contributed by atoms with Crippen molar-refractivity contribution in [2.75, 3.05) is 28.4 Å². The van der Waals surface area contributed by atoms with Gasteiger partial charge in [-0.1, -0.05) is 0 Å². The predicted octanol–water partition coefficient (Wildman–Crippen LogP) is 1.30. The minimum absolute atomic E-state index is 0.291. The summed E-state index contributed by atoms with van der Waals surface area (Å²) in [4.78, 5) is 49.2. The molecular formula is C17H19NO8. The lowest BCUT2D eigenvalue weighted by Crippen LogP contribution is -2.20. The Morgan fingerprint density at radius 2 is 1.15 bits per heavy atom. The molecule has 0 unspecified atom stereocenters.